The molecule has 0 unspecified atom stereocenters. The molecule has 0 aliphatic rings. The van der Waals surface area contributed by atoms with Crippen molar-refractivity contribution < 1.29 is 55.1 Å². The molecule has 6 nitrogen and oxygen atoms in total. The summed E-state index contributed by atoms with van der Waals surface area (Å²) in [6, 6.07) is 68.3. The van der Waals surface area contributed by atoms with E-state index in [0.717, 1.165) is 99.8 Å². The molecule has 0 saturated heterocycles. The third kappa shape index (κ3) is 13.9. The van der Waals surface area contributed by atoms with Gasteiger partial charge in [0.2, 0.25) is 0 Å². The average molecular weight is 1210 g/mol. The van der Waals surface area contributed by atoms with Crippen molar-refractivity contribution in [2.45, 2.75) is 79.1 Å². The maximum atomic E-state index is 12.4. The fourth-order valence-electron chi connectivity index (χ4n) is 9.77. The standard InChI is InChI=1S/C58H58O4.2C7H5O.Hf/c1-9-61-55-47(45-25-15-21-37-19-11-13-23-43(37)45)27-17-29-49(55)51-35-41(57(3,4)5)33-39(53(51)59)31-32-40-34-42(58(6,7)8)36-52(54(40)60)50-30-18-28-48(56(50)62-10-2)46-26-16-22-38-20-12-14-24-44(38)46;2*8-6-7-4-2-1-3-5-7;/h11-30,33-36,59-60H,9-10,31-32H2,1-8H3;2*1-5H;/q;2*-1;. The second kappa shape index (κ2) is 26.7. The molecule has 0 heterocycles. The van der Waals surface area contributed by atoms with Crippen molar-refractivity contribution in [2.75, 3.05) is 13.2 Å². The maximum absolute atomic E-state index is 12.4. The molecular formula is C72H68HfO6-2. The van der Waals surface area contributed by atoms with E-state index < -0.39 is 0 Å². The summed E-state index contributed by atoms with van der Waals surface area (Å²) < 4.78 is 13.0. The largest absolute Gasteiger partial charge is 0.507 e. The van der Waals surface area contributed by atoms with Crippen LogP contribution in [0, 0.1) is 0 Å². The first-order valence-electron chi connectivity index (χ1n) is 26.7. The second-order valence-corrected chi connectivity index (χ2v) is 21.3. The summed E-state index contributed by atoms with van der Waals surface area (Å²) in [5, 5.41) is 29.4. The number of hydrogen-bond donors (Lipinski definition) is 2. The molecule has 0 aliphatic carbocycles. The van der Waals surface area contributed by atoms with Gasteiger partial charge in [-0.05, 0) is 105 Å². The van der Waals surface area contributed by atoms with E-state index in [1.807, 2.05) is 26.0 Å². The number of phenolic OH excluding ortho intramolecular Hbond substituents is 2. The summed E-state index contributed by atoms with van der Waals surface area (Å²) in [4.78, 5) is 19.8. The second-order valence-electron chi connectivity index (χ2n) is 21.3. The van der Waals surface area contributed by atoms with Gasteiger partial charge in [-0.25, -0.2) is 0 Å². The van der Waals surface area contributed by atoms with Crippen molar-refractivity contribution in [3.05, 3.63) is 240 Å². The Morgan fingerprint density at radius 1 is 0.380 bits per heavy atom. The van der Waals surface area contributed by atoms with Gasteiger partial charge in [-0.2, -0.15) is 35.4 Å². The maximum Gasteiger partial charge on any atom is 0.135 e. The molecule has 2 N–H and O–H groups in total. The van der Waals surface area contributed by atoms with Gasteiger partial charge in [-0.15, -0.1) is 24.3 Å². The summed E-state index contributed by atoms with van der Waals surface area (Å²) in [5.74, 6) is 1.94. The van der Waals surface area contributed by atoms with E-state index in [2.05, 4.69) is 187 Å². The first kappa shape index (κ1) is 58.8. The number of para-hydroxylation sites is 2. The van der Waals surface area contributed by atoms with Crippen LogP contribution in [0.4, 0.5) is 0 Å². The van der Waals surface area contributed by atoms with Crippen LogP contribution in [0.2, 0.25) is 0 Å². The zero-order valence-electron chi connectivity index (χ0n) is 46.5. The summed E-state index contributed by atoms with van der Waals surface area (Å²) >= 11 is 0. The van der Waals surface area contributed by atoms with Crippen LogP contribution in [0.5, 0.6) is 23.0 Å². The number of aryl methyl sites for hydroxylation is 2. The Kier molecular flexibility index (Phi) is 19.8. The van der Waals surface area contributed by atoms with Crippen molar-refractivity contribution in [2.24, 2.45) is 0 Å². The van der Waals surface area contributed by atoms with E-state index in [0.29, 0.717) is 37.2 Å². The number of carbonyl (C=O) groups excluding carboxylic acids is 2. The fraction of sp³-hybridized carbons (Fsp3) is 0.194. The predicted molar refractivity (Wildman–Crippen MR) is 323 cm³/mol. The first-order chi connectivity index (χ1) is 37.6. The molecule has 0 aromatic heterocycles. The van der Waals surface area contributed by atoms with Gasteiger partial charge in [0.05, 0.1) is 25.8 Å². The van der Waals surface area contributed by atoms with E-state index in [1.165, 1.54) is 0 Å². The average Bonchev–Trinajstić information content (AvgIpc) is 3.46. The Hall–Kier alpha value is -7.87. The van der Waals surface area contributed by atoms with Gasteiger partial charge in [0, 0.05) is 59.2 Å². The number of phenols is 2. The topological polar surface area (TPSA) is 93.1 Å². The number of fused-ring (bicyclic) bond motifs is 2. The smallest absolute Gasteiger partial charge is 0.135 e. The third-order valence-corrected chi connectivity index (χ3v) is 13.9. The van der Waals surface area contributed by atoms with E-state index in [9.17, 15) is 19.8 Å². The Labute approximate surface area is 485 Å². The zero-order chi connectivity index (χ0) is 55.4. The van der Waals surface area contributed by atoms with Gasteiger partial charge in [-0.3, -0.25) is 0 Å². The van der Waals surface area contributed by atoms with Crippen LogP contribution in [0.15, 0.2) is 206 Å². The summed E-state index contributed by atoms with van der Waals surface area (Å²) in [6.45, 7) is 18.2. The molecule has 10 aromatic rings. The minimum absolute atomic E-state index is 0. The van der Waals surface area contributed by atoms with Crippen LogP contribution >= 0.6 is 0 Å². The number of ether oxygens (including phenoxy) is 2. The van der Waals surface area contributed by atoms with E-state index in [4.69, 9.17) is 9.47 Å². The molecule has 10 rings (SSSR count). The van der Waals surface area contributed by atoms with Gasteiger partial charge < -0.3 is 29.3 Å². The van der Waals surface area contributed by atoms with Crippen LogP contribution in [-0.2, 0) is 59.1 Å². The molecule has 0 amide bonds. The zero-order valence-corrected chi connectivity index (χ0v) is 50.1. The summed E-state index contributed by atoms with van der Waals surface area (Å²) in [5.41, 5.74) is 11.9. The molecule has 79 heavy (non-hydrogen) atoms. The van der Waals surface area contributed by atoms with Gasteiger partial charge in [0.25, 0.3) is 0 Å². The number of aromatic hydroxyl groups is 2. The molecule has 10 aromatic carbocycles. The molecule has 0 aliphatic heterocycles. The molecule has 398 valence electrons. The van der Waals surface area contributed by atoms with Crippen LogP contribution in [0.25, 0.3) is 66.1 Å². The van der Waals surface area contributed by atoms with Gasteiger partial charge in [-0.1, -0.05) is 187 Å². The predicted octanol–water partition coefficient (Wildman–Crippen LogP) is 17.5. The molecule has 0 fully saturated rings. The van der Waals surface area contributed by atoms with Gasteiger partial charge >= 0.3 is 0 Å². The minimum Gasteiger partial charge on any atom is -0.507 e. The van der Waals surface area contributed by atoms with Crippen molar-refractivity contribution in [3.63, 3.8) is 0 Å². The Balaban J connectivity index is 0.000000455. The molecule has 0 spiro atoms. The van der Waals surface area contributed by atoms with Crippen molar-refractivity contribution >= 4 is 34.1 Å². The molecule has 7 heteroatoms. The van der Waals surface area contributed by atoms with Gasteiger partial charge in [0.1, 0.15) is 23.0 Å². The Morgan fingerprint density at radius 2 is 0.684 bits per heavy atom. The van der Waals surface area contributed by atoms with Gasteiger partial charge in [0.15, 0.2) is 0 Å². The first-order valence-corrected chi connectivity index (χ1v) is 26.7. The quantitative estimate of drug-likeness (QED) is 0.0883. The molecule has 0 saturated carbocycles. The van der Waals surface area contributed by atoms with Crippen molar-refractivity contribution in [1.82, 2.24) is 0 Å². The normalized spacial score (nSPS) is 11.1. The molecule has 0 atom stereocenters. The third-order valence-electron chi connectivity index (χ3n) is 13.9. The summed E-state index contributed by atoms with van der Waals surface area (Å²) in [6.07, 6.45) is 4.56. The van der Waals surface area contributed by atoms with Crippen LogP contribution < -0.4 is 9.47 Å². The van der Waals surface area contributed by atoms with E-state index >= 15 is 0 Å². The Morgan fingerprint density at radius 3 is 1.01 bits per heavy atom. The fourth-order valence-corrected chi connectivity index (χ4v) is 9.77. The monoisotopic (exact) mass is 1210 g/mol. The summed E-state index contributed by atoms with van der Waals surface area (Å²) in [7, 11) is 0. The number of benzene rings is 10. The minimum atomic E-state index is -0.206. The van der Waals surface area contributed by atoms with Crippen molar-refractivity contribution in [1.29, 1.82) is 0 Å². The van der Waals surface area contributed by atoms with Crippen LogP contribution in [0.3, 0.4) is 0 Å². The van der Waals surface area contributed by atoms with E-state index in [-0.39, 0.29) is 48.2 Å². The molecule has 0 bridgehead atoms. The number of hydrogen-bond acceptors (Lipinski definition) is 6. The van der Waals surface area contributed by atoms with E-state index in [1.54, 1.807) is 61.1 Å². The number of rotatable bonds is 13. The molecule has 0 radical (unpaired) electrons. The van der Waals surface area contributed by atoms with Crippen LogP contribution in [-0.4, -0.2) is 36.0 Å². The SMILES string of the molecule is CCOc1c(-c2cc(C(C)(C)C)cc(CCc3cc(C(C)(C)C)cc(-c4cccc(-c5cccc6ccccc56)c4OCC)c3O)c2O)cccc1-c1cccc2ccccc12.O=[C-]c1ccccc1.O=[C-]c1ccccc1.[Hf]. The van der Waals surface area contributed by atoms with Crippen LogP contribution in [0.1, 0.15) is 88.8 Å². The Bertz CT molecular complexity index is 3430. The molecular weight excluding hydrogens is 1140 g/mol. The van der Waals surface area contributed by atoms with Crippen molar-refractivity contribution in [3.8, 4) is 67.5 Å².